The van der Waals surface area contributed by atoms with Gasteiger partial charge in [-0.3, -0.25) is 4.79 Å². The van der Waals surface area contributed by atoms with Crippen molar-refractivity contribution in [2.75, 3.05) is 19.0 Å². The minimum absolute atomic E-state index is 0.110. The van der Waals surface area contributed by atoms with Gasteiger partial charge in [-0.2, -0.15) is 0 Å². The van der Waals surface area contributed by atoms with Crippen LogP contribution in [0.3, 0.4) is 0 Å². The lowest BCUT2D eigenvalue weighted by Crippen LogP contribution is -2.11. The van der Waals surface area contributed by atoms with Crippen molar-refractivity contribution in [1.29, 1.82) is 0 Å². The van der Waals surface area contributed by atoms with Crippen LogP contribution in [0.4, 0.5) is 0 Å². The zero-order valence-corrected chi connectivity index (χ0v) is 6.65. The van der Waals surface area contributed by atoms with E-state index in [2.05, 4.69) is 0 Å². The molecule has 0 aromatic carbocycles. The van der Waals surface area contributed by atoms with E-state index in [1.54, 1.807) is 6.92 Å². The Labute approximate surface area is 64.1 Å². The highest BCUT2D eigenvalue weighted by atomic mass is 32.2. The van der Waals surface area contributed by atoms with Gasteiger partial charge in [-0.05, 0) is 0 Å². The van der Waals surface area contributed by atoms with Gasteiger partial charge in [-0.15, -0.1) is 0 Å². The number of carbonyl (C=O) groups excluding carboxylic acids is 1. The molecule has 0 N–H and O–H groups in total. The van der Waals surface area contributed by atoms with Crippen LogP contribution < -0.4 is 0 Å². The fourth-order valence-electron chi connectivity index (χ4n) is 0.689. The van der Waals surface area contributed by atoms with Crippen molar-refractivity contribution >= 4 is 16.9 Å². The topological polar surface area (TPSA) is 35.5 Å². The smallest absolute Gasteiger partial charge is 0.186 e. The zero-order valence-electron chi connectivity index (χ0n) is 5.83. The highest BCUT2D eigenvalue weighted by Gasteiger charge is 2.15. The Kier molecular flexibility index (Phi) is 3.18. The van der Waals surface area contributed by atoms with Gasteiger partial charge in [-0.1, -0.05) is 11.8 Å². The summed E-state index contributed by atoms with van der Waals surface area (Å²) < 4.78 is 10.2. The maximum Gasteiger partial charge on any atom is 0.186 e. The number of thioether (sulfide) groups is 1. The molecule has 0 bridgehead atoms. The predicted molar refractivity (Wildman–Crippen MR) is 38.8 cm³/mol. The average molecular weight is 162 g/mol. The summed E-state index contributed by atoms with van der Waals surface area (Å²) >= 11 is 1.24. The van der Waals surface area contributed by atoms with Crippen LogP contribution >= 0.6 is 11.8 Å². The van der Waals surface area contributed by atoms with Crippen LogP contribution in [0.5, 0.6) is 0 Å². The molecular formula is C6H10O3S. The molecule has 3 nitrogen and oxygen atoms in total. The van der Waals surface area contributed by atoms with Crippen LogP contribution in [-0.2, 0) is 14.3 Å². The maximum absolute atomic E-state index is 10.5. The van der Waals surface area contributed by atoms with E-state index in [0.717, 1.165) is 0 Å². The molecule has 58 valence electrons. The largest absolute Gasteiger partial charge is 0.349 e. The monoisotopic (exact) mass is 162 g/mol. The molecular weight excluding hydrogens is 152 g/mol. The Hall–Kier alpha value is -0.0600. The van der Waals surface area contributed by atoms with Crippen LogP contribution in [0.2, 0.25) is 0 Å². The van der Waals surface area contributed by atoms with E-state index in [-0.39, 0.29) is 11.4 Å². The lowest BCUT2D eigenvalue weighted by molar-refractivity contribution is -0.109. The molecule has 0 radical (unpaired) electrons. The standard InChI is InChI=1S/C6H10O3S/c1-5(7)10-4-6-8-2-3-9-6/h6H,2-4H2,1H3. The number of hydrogen-bond acceptors (Lipinski definition) is 4. The Morgan fingerprint density at radius 3 is 2.70 bits per heavy atom. The molecule has 0 saturated carbocycles. The third-order valence-corrected chi connectivity index (χ3v) is 1.96. The van der Waals surface area contributed by atoms with Crippen LogP contribution in [-0.4, -0.2) is 30.4 Å². The highest BCUT2D eigenvalue weighted by Crippen LogP contribution is 2.11. The van der Waals surface area contributed by atoms with Crippen LogP contribution in [0.1, 0.15) is 6.92 Å². The molecule has 1 saturated heterocycles. The second-order valence-electron chi connectivity index (χ2n) is 1.97. The molecule has 0 aliphatic carbocycles. The van der Waals surface area contributed by atoms with E-state index in [0.29, 0.717) is 19.0 Å². The normalized spacial score (nSPS) is 19.7. The Bertz CT molecular complexity index is 120. The summed E-state index contributed by atoms with van der Waals surface area (Å²) in [6.07, 6.45) is -0.158. The highest BCUT2D eigenvalue weighted by molar-refractivity contribution is 8.13. The SMILES string of the molecule is CC(=O)SCC1OCCO1. The van der Waals surface area contributed by atoms with Crippen molar-refractivity contribution < 1.29 is 14.3 Å². The second-order valence-corrected chi connectivity index (χ2v) is 3.17. The van der Waals surface area contributed by atoms with Crippen molar-refractivity contribution in [3.8, 4) is 0 Å². The van der Waals surface area contributed by atoms with E-state index < -0.39 is 0 Å². The minimum atomic E-state index is -0.158. The number of rotatable bonds is 2. The Morgan fingerprint density at radius 2 is 2.20 bits per heavy atom. The Balaban J connectivity index is 2.07. The van der Waals surface area contributed by atoms with Gasteiger partial charge in [0, 0.05) is 6.92 Å². The van der Waals surface area contributed by atoms with Gasteiger partial charge in [0.15, 0.2) is 11.4 Å². The summed E-state index contributed by atoms with van der Waals surface area (Å²) in [4.78, 5) is 10.5. The van der Waals surface area contributed by atoms with Crippen molar-refractivity contribution in [2.45, 2.75) is 13.2 Å². The first-order valence-electron chi connectivity index (χ1n) is 3.15. The molecule has 0 amide bonds. The second kappa shape index (κ2) is 3.95. The molecule has 0 spiro atoms. The summed E-state index contributed by atoms with van der Waals surface area (Å²) in [6.45, 7) is 2.85. The molecule has 0 aromatic rings. The van der Waals surface area contributed by atoms with Crippen LogP contribution in [0.25, 0.3) is 0 Å². The first-order chi connectivity index (χ1) is 4.79. The summed E-state index contributed by atoms with van der Waals surface area (Å²) in [5, 5.41) is 0.110. The fourth-order valence-corrected chi connectivity index (χ4v) is 1.25. The third-order valence-electron chi connectivity index (χ3n) is 1.11. The fraction of sp³-hybridized carbons (Fsp3) is 0.833. The van der Waals surface area contributed by atoms with E-state index in [9.17, 15) is 4.79 Å². The van der Waals surface area contributed by atoms with E-state index >= 15 is 0 Å². The summed E-state index contributed by atoms with van der Waals surface area (Å²) in [5.41, 5.74) is 0. The molecule has 0 aromatic heterocycles. The Morgan fingerprint density at radius 1 is 1.60 bits per heavy atom. The van der Waals surface area contributed by atoms with Crippen LogP contribution in [0.15, 0.2) is 0 Å². The van der Waals surface area contributed by atoms with Crippen LogP contribution in [0, 0.1) is 0 Å². The minimum Gasteiger partial charge on any atom is -0.349 e. The molecule has 10 heavy (non-hydrogen) atoms. The lowest BCUT2D eigenvalue weighted by Gasteiger charge is -2.05. The summed E-state index contributed by atoms with van der Waals surface area (Å²) in [7, 11) is 0. The molecule has 1 heterocycles. The van der Waals surface area contributed by atoms with Crippen molar-refractivity contribution in [3.63, 3.8) is 0 Å². The van der Waals surface area contributed by atoms with Gasteiger partial charge in [0.05, 0.1) is 19.0 Å². The van der Waals surface area contributed by atoms with Gasteiger partial charge in [0.2, 0.25) is 0 Å². The van der Waals surface area contributed by atoms with Crippen molar-refractivity contribution in [1.82, 2.24) is 0 Å². The van der Waals surface area contributed by atoms with Gasteiger partial charge < -0.3 is 9.47 Å². The predicted octanol–water partition coefficient (Wildman–Crippen LogP) is 0.639. The number of carbonyl (C=O) groups is 1. The molecule has 0 atom stereocenters. The quantitative estimate of drug-likeness (QED) is 0.597. The molecule has 1 fully saturated rings. The number of hydrogen-bond donors (Lipinski definition) is 0. The first-order valence-corrected chi connectivity index (χ1v) is 4.14. The van der Waals surface area contributed by atoms with E-state index in [4.69, 9.17) is 9.47 Å². The first kappa shape index (κ1) is 8.04. The van der Waals surface area contributed by atoms with Gasteiger partial charge >= 0.3 is 0 Å². The summed E-state index contributed by atoms with van der Waals surface area (Å²) in [5.74, 6) is 0.620. The van der Waals surface area contributed by atoms with Gasteiger partial charge in [0.25, 0.3) is 0 Å². The molecule has 4 heteroatoms. The average Bonchev–Trinajstić information content (AvgIpc) is 2.34. The zero-order chi connectivity index (χ0) is 7.40. The van der Waals surface area contributed by atoms with Gasteiger partial charge in [-0.25, -0.2) is 0 Å². The van der Waals surface area contributed by atoms with Gasteiger partial charge in [0.1, 0.15) is 0 Å². The molecule has 1 aliphatic heterocycles. The van der Waals surface area contributed by atoms with E-state index in [1.807, 2.05) is 0 Å². The van der Waals surface area contributed by atoms with Crippen molar-refractivity contribution in [2.24, 2.45) is 0 Å². The maximum atomic E-state index is 10.5. The molecule has 1 aliphatic rings. The molecule has 1 rings (SSSR count). The number of ether oxygens (including phenoxy) is 2. The summed E-state index contributed by atoms with van der Waals surface area (Å²) in [6, 6.07) is 0. The molecule has 0 unspecified atom stereocenters. The lowest BCUT2D eigenvalue weighted by atomic mass is 10.8. The third kappa shape index (κ3) is 2.68. The van der Waals surface area contributed by atoms with Crippen molar-refractivity contribution in [3.05, 3.63) is 0 Å². The van der Waals surface area contributed by atoms with E-state index in [1.165, 1.54) is 11.8 Å².